The average Bonchev–Trinajstić information content (AvgIpc) is 2.45. The van der Waals surface area contributed by atoms with Gasteiger partial charge in [-0.25, -0.2) is 0 Å². The molecule has 0 radical (unpaired) electrons. The number of ether oxygens (including phenoxy) is 1. The van der Waals surface area contributed by atoms with Crippen molar-refractivity contribution in [2.45, 2.75) is 6.92 Å². The zero-order valence-electron chi connectivity index (χ0n) is 11.1. The van der Waals surface area contributed by atoms with Gasteiger partial charge in [-0.2, -0.15) is 0 Å². The Morgan fingerprint density at radius 3 is 2.50 bits per heavy atom. The molecule has 0 spiro atoms. The fraction of sp³-hybridized carbons (Fsp3) is 0.0588. The number of fused-ring (bicyclic) bond motifs is 1. The Hall–Kier alpha value is -2.00. The van der Waals surface area contributed by atoms with Gasteiger partial charge in [0.25, 0.3) is 0 Å². The highest BCUT2D eigenvalue weighted by Gasteiger charge is 2.08. The molecule has 0 aliphatic rings. The van der Waals surface area contributed by atoms with Crippen molar-refractivity contribution in [1.29, 1.82) is 0 Å². The van der Waals surface area contributed by atoms with Gasteiger partial charge in [0, 0.05) is 5.69 Å². The summed E-state index contributed by atoms with van der Waals surface area (Å²) in [7, 11) is 0. The summed E-state index contributed by atoms with van der Waals surface area (Å²) in [5, 5.41) is 2.32. The molecule has 3 heteroatoms. The second-order valence-corrected chi connectivity index (χ2v) is 5.52. The second kappa shape index (κ2) is 5.17. The van der Waals surface area contributed by atoms with E-state index in [4.69, 9.17) is 10.5 Å². The van der Waals surface area contributed by atoms with E-state index in [-0.39, 0.29) is 0 Å². The monoisotopic (exact) mass is 327 g/mol. The highest BCUT2D eigenvalue weighted by atomic mass is 79.9. The summed E-state index contributed by atoms with van der Waals surface area (Å²) in [4.78, 5) is 0. The molecule has 0 unspecified atom stereocenters. The minimum absolute atomic E-state index is 0.743. The molecule has 2 nitrogen and oxygen atoms in total. The summed E-state index contributed by atoms with van der Waals surface area (Å²) >= 11 is 3.63. The van der Waals surface area contributed by atoms with Crippen molar-refractivity contribution >= 4 is 32.4 Å². The van der Waals surface area contributed by atoms with Gasteiger partial charge in [-0.1, -0.05) is 30.3 Å². The Bertz CT molecular complexity index is 783. The van der Waals surface area contributed by atoms with Crippen molar-refractivity contribution in [3.05, 3.63) is 64.6 Å². The van der Waals surface area contributed by atoms with Crippen LogP contribution < -0.4 is 10.5 Å². The fourth-order valence-corrected chi connectivity index (χ4v) is 2.77. The van der Waals surface area contributed by atoms with Gasteiger partial charge in [-0.15, -0.1) is 0 Å². The van der Waals surface area contributed by atoms with Crippen molar-refractivity contribution in [1.82, 2.24) is 0 Å². The first kappa shape index (κ1) is 13.0. The molecule has 0 amide bonds. The highest BCUT2D eigenvalue weighted by molar-refractivity contribution is 9.10. The van der Waals surface area contributed by atoms with Crippen LogP contribution in [0.4, 0.5) is 5.69 Å². The summed E-state index contributed by atoms with van der Waals surface area (Å²) in [6.07, 6.45) is 0. The van der Waals surface area contributed by atoms with Crippen molar-refractivity contribution in [3.8, 4) is 11.5 Å². The van der Waals surface area contributed by atoms with E-state index in [1.807, 2.05) is 43.3 Å². The molecule has 0 saturated carbocycles. The molecule has 0 aliphatic heterocycles. The smallest absolute Gasteiger partial charge is 0.142 e. The predicted octanol–water partition coefficient (Wildman–Crippen LogP) is 5.29. The maximum Gasteiger partial charge on any atom is 0.142 e. The lowest BCUT2D eigenvalue weighted by molar-refractivity contribution is 0.477. The zero-order valence-corrected chi connectivity index (χ0v) is 12.6. The van der Waals surface area contributed by atoms with Crippen molar-refractivity contribution in [2.24, 2.45) is 0 Å². The normalized spacial score (nSPS) is 10.7. The standard InChI is InChI=1S/C17H14BrNO/c1-11-10-13(19)7-9-15(11)20-16-8-6-12-4-2-3-5-14(12)17(16)18/h2-10H,19H2,1H3. The van der Waals surface area contributed by atoms with Crippen LogP contribution in [0, 0.1) is 6.92 Å². The molecule has 3 rings (SSSR count). The second-order valence-electron chi connectivity index (χ2n) is 4.73. The number of nitrogens with two attached hydrogens (primary N) is 1. The number of aryl methyl sites for hydroxylation is 1. The van der Waals surface area contributed by atoms with E-state index in [9.17, 15) is 0 Å². The number of benzene rings is 3. The van der Waals surface area contributed by atoms with E-state index < -0.39 is 0 Å². The Balaban J connectivity index is 2.04. The first-order valence-electron chi connectivity index (χ1n) is 6.36. The number of halogens is 1. The average molecular weight is 328 g/mol. The summed E-state index contributed by atoms with van der Waals surface area (Å²) < 4.78 is 6.97. The van der Waals surface area contributed by atoms with Crippen LogP contribution in [0.25, 0.3) is 10.8 Å². The van der Waals surface area contributed by atoms with Crippen molar-refractivity contribution in [3.63, 3.8) is 0 Å². The number of hydrogen-bond donors (Lipinski definition) is 1. The van der Waals surface area contributed by atoms with Gasteiger partial charge < -0.3 is 10.5 Å². The van der Waals surface area contributed by atoms with E-state index >= 15 is 0 Å². The van der Waals surface area contributed by atoms with Gasteiger partial charge in [0.1, 0.15) is 11.5 Å². The number of anilines is 1. The third-order valence-corrected chi connectivity index (χ3v) is 4.06. The van der Waals surface area contributed by atoms with Crippen LogP contribution in [0.5, 0.6) is 11.5 Å². The molecule has 0 aliphatic carbocycles. The first-order valence-corrected chi connectivity index (χ1v) is 7.15. The van der Waals surface area contributed by atoms with Crippen LogP contribution in [-0.4, -0.2) is 0 Å². The fourth-order valence-electron chi connectivity index (χ4n) is 2.20. The number of rotatable bonds is 2. The molecule has 100 valence electrons. The van der Waals surface area contributed by atoms with Gasteiger partial charge in [0.15, 0.2) is 0 Å². The van der Waals surface area contributed by atoms with Gasteiger partial charge in [0.05, 0.1) is 4.47 Å². The quantitative estimate of drug-likeness (QED) is 0.649. The minimum atomic E-state index is 0.743. The Labute approximate surface area is 126 Å². The predicted molar refractivity (Wildman–Crippen MR) is 87.3 cm³/mol. The van der Waals surface area contributed by atoms with Crippen LogP contribution in [0.1, 0.15) is 5.56 Å². The molecular weight excluding hydrogens is 314 g/mol. The molecule has 0 bridgehead atoms. The Kier molecular flexibility index (Phi) is 3.36. The highest BCUT2D eigenvalue weighted by Crippen LogP contribution is 2.36. The van der Waals surface area contributed by atoms with Crippen LogP contribution in [-0.2, 0) is 0 Å². The number of nitrogen functional groups attached to an aromatic ring is 1. The van der Waals surface area contributed by atoms with E-state index in [0.29, 0.717) is 0 Å². The van der Waals surface area contributed by atoms with Crippen molar-refractivity contribution < 1.29 is 4.74 Å². The van der Waals surface area contributed by atoms with Gasteiger partial charge >= 0.3 is 0 Å². The SMILES string of the molecule is Cc1cc(N)ccc1Oc1ccc2ccccc2c1Br. The molecule has 3 aromatic carbocycles. The molecule has 2 N–H and O–H groups in total. The van der Waals surface area contributed by atoms with Crippen LogP contribution in [0.3, 0.4) is 0 Å². The van der Waals surface area contributed by atoms with E-state index in [2.05, 4.69) is 34.1 Å². The zero-order chi connectivity index (χ0) is 14.1. The van der Waals surface area contributed by atoms with E-state index in [1.54, 1.807) is 0 Å². The lowest BCUT2D eigenvalue weighted by Crippen LogP contribution is -1.91. The van der Waals surface area contributed by atoms with E-state index in [1.165, 1.54) is 5.39 Å². The largest absolute Gasteiger partial charge is 0.456 e. The lowest BCUT2D eigenvalue weighted by Gasteiger charge is -2.12. The maximum absolute atomic E-state index is 6.00. The van der Waals surface area contributed by atoms with Crippen molar-refractivity contribution in [2.75, 3.05) is 5.73 Å². The summed E-state index contributed by atoms with van der Waals surface area (Å²) in [5.41, 5.74) is 7.52. The van der Waals surface area contributed by atoms with Gasteiger partial charge in [0.2, 0.25) is 0 Å². The van der Waals surface area contributed by atoms with E-state index in [0.717, 1.165) is 32.6 Å². The summed E-state index contributed by atoms with van der Waals surface area (Å²) in [6.45, 7) is 1.99. The summed E-state index contributed by atoms with van der Waals surface area (Å²) in [6, 6.07) is 17.9. The molecular formula is C17H14BrNO. The Morgan fingerprint density at radius 2 is 1.70 bits per heavy atom. The lowest BCUT2D eigenvalue weighted by atomic mass is 10.1. The molecule has 0 fully saturated rings. The first-order chi connectivity index (χ1) is 9.65. The maximum atomic E-state index is 6.00. The van der Waals surface area contributed by atoms with Gasteiger partial charge in [-0.05, 0) is 63.5 Å². The van der Waals surface area contributed by atoms with Crippen LogP contribution in [0.2, 0.25) is 0 Å². The molecule has 3 aromatic rings. The third kappa shape index (κ3) is 2.37. The molecule has 0 aromatic heterocycles. The molecule has 0 atom stereocenters. The topological polar surface area (TPSA) is 35.2 Å². The van der Waals surface area contributed by atoms with Crippen LogP contribution in [0.15, 0.2) is 59.1 Å². The Morgan fingerprint density at radius 1 is 0.950 bits per heavy atom. The third-order valence-electron chi connectivity index (χ3n) is 3.25. The molecule has 20 heavy (non-hydrogen) atoms. The minimum Gasteiger partial charge on any atom is -0.456 e. The summed E-state index contributed by atoms with van der Waals surface area (Å²) in [5.74, 6) is 1.62. The molecule has 0 saturated heterocycles. The van der Waals surface area contributed by atoms with Crippen LogP contribution >= 0.6 is 15.9 Å². The molecule has 0 heterocycles. The number of hydrogen-bond acceptors (Lipinski definition) is 2. The van der Waals surface area contributed by atoms with Gasteiger partial charge in [-0.3, -0.25) is 0 Å².